The molecule has 0 radical (unpaired) electrons. The van der Waals surface area contributed by atoms with Crippen LogP contribution in [0.5, 0.6) is 0 Å². The van der Waals surface area contributed by atoms with Gasteiger partial charge in [0.1, 0.15) is 0 Å². The average molecular weight is 323 g/mol. The van der Waals surface area contributed by atoms with Gasteiger partial charge in [-0.3, -0.25) is 4.57 Å². The van der Waals surface area contributed by atoms with Crippen molar-refractivity contribution >= 4 is 23.5 Å². The van der Waals surface area contributed by atoms with Crippen LogP contribution < -0.4 is 0 Å². The fourth-order valence-corrected chi connectivity index (χ4v) is 3.23. The summed E-state index contributed by atoms with van der Waals surface area (Å²) in [5, 5.41) is 10.1. The Bertz CT molecular complexity index is 383. The number of benzene rings is 1. The van der Waals surface area contributed by atoms with Crippen LogP contribution in [-0.4, -0.2) is 18.3 Å². The highest BCUT2D eigenvalue weighted by Gasteiger charge is 2.35. The lowest BCUT2D eigenvalue weighted by Crippen LogP contribution is -2.06. The van der Waals surface area contributed by atoms with Crippen LogP contribution in [0.3, 0.4) is 0 Å². The highest BCUT2D eigenvalue weighted by molar-refractivity contribution is 9.10. The molecule has 1 aromatic carbocycles. The van der Waals surface area contributed by atoms with Crippen molar-refractivity contribution in [3.05, 3.63) is 34.3 Å². The molecule has 1 aromatic rings. The quantitative estimate of drug-likeness (QED) is 0.811. The third-order valence-corrected chi connectivity index (χ3v) is 4.75. The fourth-order valence-electron chi connectivity index (χ4n) is 1.36. The molecule has 0 unspecified atom stereocenters. The Balaban J connectivity index is 2.95. The second-order valence-corrected chi connectivity index (χ2v) is 6.30. The minimum absolute atomic E-state index is 0.227. The minimum atomic E-state index is -3.51. The number of rotatable bonds is 6. The van der Waals surface area contributed by atoms with E-state index in [2.05, 4.69) is 15.9 Å². The Morgan fingerprint density at radius 1 is 1.24 bits per heavy atom. The van der Waals surface area contributed by atoms with Crippen LogP contribution in [0.1, 0.15) is 25.3 Å². The van der Waals surface area contributed by atoms with E-state index < -0.39 is 13.4 Å². The summed E-state index contributed by atoms with van der Waals surface area (Å²) in [6, 6.07) is 6.89. The Morgan fingerprint density at radius 3 is 2.12 bits per heavy atom. The van der Waals surface area contributed by atoms with Crippen molar-refractivity contribution < 1.29 is 18.7 Å². The van der Waals surface area contributed by atoms with Gasteiger partial charge in [-0.05, 0) is 31.5 Å². The van der Waals surface area contributed by atoms with E-state index in [1.165, 1.54) is 0 Å². The monoisotopic (exact) mass is 322 g/mol. The molecule has 4 nitrogen and oxygen atoms in total. The lowest BCUT2D eigenvalue weighted by atomic mass is 10.2. The van der Waals surface area contributed by atoms with E-state index in [0.717, 1.165) is 4.47 Å². The number of aliphatic hydroxyl groups is 1. The summed E-state index contributed by atoms with van der Waals surface area (Å²) in [6.45, 7) is 3.87. The van der Waals surface area contributed by atoms with Gasteiger partial charge in [0.25, 0.3) is 0 Å². The van der Waals surface area contributed by atoms with E-state index in [1.807, 2.05) is 0 Å². The molecule has 6 heteroatoms. The Morgan fingerprint density at radius 2 is 1.71 bits per heavy atom. The molecule has 1 N–H and O–H groups in total. The van der Waals surface area contributed by atoms with Crippen molar-refractivity contribution in [2.24, 2.45) is 0 Å². The number of halogens is 1. The SMILES string of the molecule is CCOP(=O)(OCC)[C@H](O)c1ccc(Br)cc1. The predicted octanol–water partition coefficient (Wildman–Crippen LogP) is 3.71. The maximum atomic E-state index is 12.3. The summed E-state index contributed by atoms with van der Waals surface area (Å²) in [4.78, 5) is 0. The van der Waals surface area contributed by atoms with Gasteiger partial charge in [-0.15, -0.1) is 0 Å². The van der Waals surface area contributed by atoms with Crippen molar-refractivity contribution in [1.82, 2.24) is 0 Å². The largest absolute Gasteiger partial charge is 0.376 e. The van der Waals surface area contributed by atoms with Crippen LogP contribution in [-0.2, 0) is 13.6 Å². The highest BCUT2D eigenvalue weighted by Crippen LogP contribution is 2.59. The van der Waals surface area contributed by atoms with Crippen molar-refractivity contribution in [3.8, 4) is 0 Å². The molecule has 0 amide bonds. The first-order valence-corrected chi connectivity index (χ1v) is 7.76. The van der Waals surface area contributed by atoms with E-state index in [4.69, 9.17) is 9.05 Å². The van der Waals surface area contributed by atoms with E-state index in [-0.39, 0.29) is 13.2 Å². The summed E-state index contributed by atoms with van der Waals surface area (Å²) in [6.07, 6.45) is 0. The molecule has 0 saturated carbocycles. The van der Waals surface area contributed by atoms with Crippen LogP contribution in [0.25, 0.3) is 0 Å². The number of hydrogen-bond donors (Lipinski definition) is 1. The second-order valence-electron chi connectivity index (χ2n) is 3.30. The van der Waals surface area contributed by atoms with E-state index in [9.17, 15) is 9.67 Å². The molecular formula is C11H16BrO4P. The van der Waals surface area contributed by atoms with Crippen LogP contribution in [0.15, 0.2) is 28.7 Å². The summed E-state index contributed by atoms with van der Waals surface area (Å²) in [7, 11) is -3.51. The fraction of sp³-hybridized carbons (Fsp3) is 0.455. The standard InChI is InChI=1S/C11H16BrO4P/c1-3-15-17(14,16-4-2)11(13)9-5-7-10(12)8-6-9/h5-8,11,13H,3-4H2,1-2H3/t11-/m0/s1. The van der Waals surface area contributed by atoms with Crippen molar-refractivity contribution in [2.45, 2.75) is 19.7 Å². The van der Waals surface area contributed by atoms with Crippen LogP contribution >= 0.6 is 23.5 Å². The van der Waals surface area contributed by atoms with Crippen LogP contribution in [0, 0.1) is 0 Å². The molecule has 1 atom stereocenters. The summed E-state index contributed by atoms with van der Waals surface area (Å²) >= 11 is 3.29. The van der Waals surface area contributed by atoms with Gasteiger partial charge >= 0.3 is 7.60 Å². The van der Waals surface area contributed by atoms with Crippen LogP contribution in [0.4, 0.5) is 0 Å². The van der Waals surface area contributed by atoms with Gasteiger partial charge < -0.3 is 14.2 Å². The lowest BCUT2D eigenvalue weighted by molar-refractivity contribution is 0.150. The topological polar surface area (TPSA) is 55.8 Å². The molecule has 0 aliphatic carbocycles. The van der Waals surface area contributed by atoms with Crippen LogP contribution in [0.2, 0.25) is 0 Å². The molecule has 0 heterocycles. The Kier molecular flexibility index (Phi) is 5.83. The molecule has 0 fully saturated rings. The zero-order valence-corrected chi connectivity index (χ0v) is 12.3. The first kappa shape index (κ1) is 14.9. The molecule has 0 bridgehead atoms. The zero-order chi connectivity index (χ0) is 12.9. The molecule has 0 aromatic heterocycles. The summed E-state index contributed by atoms with van der Waals surface area (Å²) in [5.74, 6) is -1.25. The zero-order valence-electron chi connectivity index (χ0n) is 9.80. The Hall–Kier alpha value is -0.190. The number of aliphatic hydroxyl groups excluding tert-OH is 1. The molecule has 0 spiro atoms. The van der Waals surface area contributed by atoms with Gasteiger partial charge in [0, 0.05) is 4.47 Å². The molecule has 17 heavy (non-hydrogen) atoms. The first-order valence-electron chi connectivity index (χ1n) is 5.35. The average Bonchev–Trinajstić information content (AvgIpc) is 2.30. The number of hydrogen-bond acceptors (Lipinski definition) is 4. The molecular weight excluding hydrogens is 307 g/mol. The van der Waals surface area contributed by atoms with Gasteiger partial charge in [-0.2, -0.15) is 0 Å². The minimum Gasteiger partial charge on any atom is -0.376 e. The van der Waals surface area contributed by atoms with Gasteiger partial charge in [0.05, 0.1) is 13.2 Å². The lowest BCUT2D eigenvalue weighted by Gasteiger charge is -2.22. The van der Waals surface area contributed by atoms with Gasteiger partial charge in [0.15, 0.2) is 5.85 Å². The molecule has 1 rings (SSSR count). The third-order valence-electron chi connectivity index (χ3n) is 2.09. The molecule has 0 aliphatic rings. The van der Waals surface area contributed by atoms with Crippen molar-refractivity contribution in [2.75, 3.05) is 13.2 Å². The van der Waals surface area contributed by atoms with E-state index in [1.54, 1.807) is 38.1 Å². The predicted molar refractivity (Wildman–Crippen MR) is 70.0 cm³/mol. The van der Waals surface area contributed by atoms with E-state index in [0.29, 0.717) is 5.56 Å². The molecule has 0 aliphatic heterocycles. The maximum absolute atomic E-state index is 12.3. The van der Waals surface area contributed by atoms with Gasteiger partial charge in [0.2, 0.25) is 0 Å². The smallest absolute Gasteiger partial charge is 0.363 e. The Labute approximate surface area is 110 Å². The normalized spacial score (nSPS) is 13.6. The van der Waals surface area contributed by atoms with Crippen molar-refractivity contribution in [3.63, 3.8) is 0 Å². The van der Waals surface area contributed by atoms with E-state index >= 15 is 0 Å². The first-order chi connectivity index (χ1) is 8.03. The van der Waals surface area contributed by atoms with Gasteiger partial charge in [-0.1, -0.05) is 28.1 Å². The third kappa shape index (κ3) is 3.90. The molecule has 0 saturated heterocycles. The van der Waals surface area contributed by atoms with Gasteiger partial charge in [-0.25, -0.2) is 0 Å². The molecule has 96 valence electrons. The maximum Gasteiger partial charge on any atom is 0.363 e. The summed E-state index contributed by atoms with van der Waals surface area (Å²) in [5.41, 5.74) is 0.512. The van der Waals surface area contributed by atoms with Crippen molar-refractivity contribution in [1.29, 1.82) is 0 Å². The summed E-state index contributed by atoms with van der Waals surface area (Å²) < 4.78 is 23.4. The highest BCUT2D eigenvalue weighted by atomic mass is 79.9. The second kappa shape index (κ2) is 6.66.